The zero-order chi connectivity index (χ0) is 14.1. The van der Waals surface area contributed by atoms with Gasteiger partial charge in [0.05, 0.1) is 6.61 Å². The van der Waals surface area contributed by atoms with Crippen molar-refractivity contribution in [3.8, 4) is 5.75 Å². The molecule has 0 heterocycles. The molecule has 0 fully saturated rings. The summed E-state index contributed by atoms with van der Waals surface area (Å²) in [6, 6.07) is 6.73. The maximum atomic E-state index is 11.4. The van der Waals surface area contributed by atoms with E-state index in [1.807, 2.05) is 0 Å². The van der Waals surface area contributed by atoms with Crippen molar-refractivity contribution < 1.29 is 19.1 Å². The molecular formula is C12H17N3O4. The van der Waals surface area contributed by atoms with Crippen molar-refractivity contribution in [2.75, 3.05) is 32.1 Å². The molecule has 0 aliphatic rings. The predicted molar refractivity (Wildman–Crippen MR) is 69.4 cm³/mol. The Hall–Kier alpha value is -2.28. The summed E-state index contributed by atoms with van der Waals surface area (Å²) in [4.78, 5) is 21.7. The third-order valence-corrected chi connectivity index (χ3v) is 2.06. The van der Waals surface area contributed by atoms with Crippen LogP contribution in [-0.2, 0) is 14.3 Å². The molecule has 2 amide bonds. The minimum Gasteiger partial charge on any atom is -0.484 e. The molecule has 1 aromatic rings. The van der Waals surface area contributed by atoms with E-state index < -0.39 is 5.91 Å². The summed E-state index contributed by atoms with van der Waals surface area (Å²) in [7, 11) is 0. The standard InChI is InChI=1S/C12H17N3O4/c13-9-1-3-10(4-2-9)19-8-12(17)15-5-6-18-7-11(14)16/h1-4H,5-8,13H2,(H2,14,16)(H,15,17). The molecule has 1 rings (SSSR count). The Balaban J connectivity index is 2.11. The largest absolute Gasteiger partial charge is 0.484 e. The number of carbonyl (C=O) groups excluding carboxylic acids is 2. The molecule has 0 aliphatic carbocycles. The van der Waals surface area contributed by atoms with Gasteiger partial charge >= 0.3 is 0 Å². The fourth-order valence-corrected chi connectivity index (χ4v) is 1.20. The second-order valence-electron chi connectivity index (χ2n) is 3.73. The summed E-state index contributed by atoms with van der Waals surface area (Å²) < 4.78 is 10.1. The minimum atomic E-state index is -0.544. The van der Waals surface area contributed by atoms with Gasteiger partial charge in [-0.2, -0.15) is 0 Å². The van der Waals surface area contributed by atoms with E-state index in [1.165, 1.54) is 0 Å². The number of anilines is 1. The average molecular weight is 267 g/mol. The number of ether oxygens (including phenoxy) is 2. The first-order valence-corrected chi connectivity index (χ1v) is 5.69. The summed E-state index contributed by atoms with van der Waals surface area (Å²) in [5.74, 6) is -0.258. The normalized spacial score (nSPS) is 9.89. The van der Waals surface area contributed by atoms with E-state index >= 15 is 0 Å². The molecular weight excluding hydrogens is 250 g/mol. The topological polar surface area (TPSA) is 117 Å². The van der Waals surface area contributed by atoms with Crippen molar-refractivity contribution >= 4 is 17.5 Å². The van der Waals surface area contributed by atoms with Crippen molar-refractivity contribution in [3.05, 3.63) is 24.3 Å². The Morgan fingerprint density at radius 2 is 1.84 bits per heavy atom. The molecule has 0 saturated carbocycles. The molecule has 1 aromatic carbocycles. The van der Waals surface area contributed by atoms with E-state index in [2.05, 4.69) is 5.32 Å². The van der Waals surface area contributed by atoms with Gasteiger partial charge in [0.2, 0.25) is 5.91 Å². The number of nitrogens with two attached hydrogens (primary N) is 2. The van der Waals surface area contributed by atoms with Crippen LogP contribution in [0.3, 0.4) is 0 Å². The molecule has 104 valence electrons. The summed E-state index contributed by atoms with van der Waals surface area (Å²) in [5, 5.41) is 2.57. The fraction of sp³-hybridized carbons (Fsp3) is 0.333. The fourth-order valence-electron chi connectivity index (χ4n) is 1.20. The lowest BCUT2D eigenvalue weighted by atomic mass is 10.3. The van der Waals surface area contributed by atoms with Crippen LogP contribution in [0.25, 0.3) is 0 Å². The van der Waals surface area contributed by atoms with Crippen molar-refractivity contribution in [3.63, 3.8) is 0 Å². The van der Waals surface area contributed by atoms with Crippen LogP contribution in [0.2, 0.25) is 0 Å². The molecule has 0 atom stereocenters. The first kappa shape index (κ1) is 14.8. The van der Waals surface area contributed by atoms with Gasteiger partial charge in [-0.1, -0.05) is 0 Å². The number of hydrogen-bond donors (Lipinski definition) is 3. The third kappa shape index (κ3) is 6.89. The number of carbonyl (C=O) groups is 2. The minimum absolute atomic E-state index is 0.0975. The first-order chi connectivity index (χ1) is 9.08. The van der Waals surface area contributed by atoms with Gasteiger partial charge in [0.25, 0.3) is 5.91 Å². The summed E-state index contributed by atoms with van der Waals surface area (Å²) in [6.07, 6.45) is 0. The SMILES string of the molecule is NC(=O)COCCNC(=O)COc1ccc(N)cc1. The number of hydrogen-bond acceptors (Lipinski definition) is 5. The van der Waals surface area contributed by atoms with E-state index in [0.717, 1.165) is 0 Å². The molecule has 19 heavy (non-hydrogen) atoms. The number of primary amides is 1. The van der Waals surface area contributed by atoms with Gasteiger partial charge in [-0.15, -0.1) is 0 Å². The van der Waals surface area contributed by atoms with Crippen molar-refractivity contribution in [1.29, 1.82) is 0 Å². The number of rotatable bonds is 8. The summed E-state index contributed by atoms with van der Waals surface area (Å²) in [6.45, 7) is 0.255. The van der Waals surface area contributed by atoms with Gasteiger partial charge in [0.15, 0.2) is 6.61 Å². The maximum Gasteiger partial charge on any atom is 0.258 e. The molecule has 0 aliphatic heterocycles. The highest BCUT2D eigenvalue weighted by Gasteiger charge is 2.02. The molecule has 0 radical (unpaired) electrons. The Labute approximate surface area is 110 Å². The van der Waals surface area contributed by atoms with Crippen LogP contribution < -0.4 is 21.5 Å². The predicted octanol–water partition coefficient (Wildman–Crippen LogP) is -0.734. The lowest BCUT2D eigenvalue weighted by Gasteiger charge is -2.07. The van der Waals surface area contributed by atoms with Crippen molar-refractivity contribution in [1.82, 2.24) is 5.32 Å². The Bertz CT molecular complexity index is 419. The molecule has 7 nitrogen and oxygen atoms in total. The number of nitrogens with one attached hydrogen (secondary N) is 1. The van der Waals surface area contributed by atoms with Crippen LogP contribution in [-0.4, -0.2) is 38.2 Å². The molecule has 0 aromatic heterocycles. The highest BCUT2D eigenvalue weighted by atomic mass is 16.5. The Morgan fingerprint density at radius 1 is 1.16 bits per heavy atom. The zero-order valence-corrected chi connectivity index (χ0v) is 10.4. The molecule has 5 N–H and O–H groups in total. The maximum absolute atomic E-state index is 11.4. The molecule has 7 heteroatoms. The monoisotopic (exact) mass is 267 g/mol. The number of benzene rings is 1. The highest BCUT2D eigenvalue weighted by Crippen LogP contribution is 2.12. The van der Waals surface area contributed by atoms with Gasteiger partial charge in [-0.3, -0.25) is 9.59 Å². The van der Waals surface area contributed by atoms with Crippen molar-refractivity contribution in [2.24, 2.45) is 5.73 Å². The molecule has 0 unspecified atom stereocenters. The van der Waals surface area contributed by atoms with E-state index in [4.69, 9.17) is 20.9 Å². The van der Waals surface area contributed by atoms with Crippen LogP contribution in [0, 0.1) is 0 Å². The first-order valence-electron chi connectivity index (χ1n) is 5.69. The molecule has 0 saturated heterocycles. The zero-order valence-electron chi connectivity index (χ0n) is 10.4. The van der Waals surface area contributed by atoms with Crippen LogP contribution in [0.1, 0.15) is 0 Å². The van der Waals surface area contributed by atoms with Gasteiger partial charge in [-0.25, -0.2) is 0 Å². The molecule has 0 spiro atoms. The Kier molecular flexibility index (Phi) is 6.17. The van der Waals surface area contributed by atoms with Crippen LogP contribution in [0.4, 0.5) is 5.69 Å². The van der Waals surface area contributed by atoms with Crippen molar-refractivity contribution in [2.45, 2.75) is 0 Å². The van der Waals surface area contributed by atoms with Gasteiger partial charge in [0.1, 0.15) is 12.4 Å². The Morgan fingerprint density at radius 3 is 2.47 bits per heavy atom. The van der Waals surface area contributed by atoms with E-state index in [1.54, 1.807) is 24.3 Å². The van der Waals surface area contributed by atoms with Gasteiger partial charge < -0.3 is 26.3 Å². The average Bonchev–Trinajstić information content (AvgIpc) is 2.37. The third-order valence-electron chi connectivity index (χ3n) is 2.06. The second-order valence-corrected chi connectivity index (χ2v) is 3.73. The van der Waals surface area contributed by atoms with E-state index in [9.17, 15) is 9.59 Å². The van der Waals surface area contributed by atoms with Crippen LogP contribution in [0.15, 0.2) is 24.3 Å². The summed E-state index contributed by atoms with van der Waals surface area (Å²) >= 11 is 0. The van der Waals surface area contributed by atoms with E-state index in [-0.39, 0.29) is 32.3 Å². The lowest BCUT2D eigenvalue weighted by molar-refractivity contribution is -0.123. The summed E-state index contributed by atoms with van der Waals surface area (Å²) in [5.41, 5.74) is 11.0. The van der Waals surface area contributed by atoms with Crippen LogP contribution in [0.5, 0.6) is 5.75 Å². The van der Waals surface area contributed by atoms with Gasteiger partial charge in [0, 0.05) is 12.2 Å². The lowest BCUT2D eigenvalue weighted by Crippen LogP contribution is -2.32. The van der Waals surface area contributed by atoms with E-state index in [0.29, 0.717) is 11.4 Å². The number of nitrogen functional groups attached to an aromatic ring is 1. The molecule has 0 bridgehead atoms. The van der Waals surface area contributed by atoms with Gasteiger partial charge in [-0.05, 0) is 24.3 Å². The van der Waals surface area contributed by atoms with Crippen LogP contribution >= 0.6 is 0 Å². The number of amides is 2. The smallest absolute Gasteiger partial charge is 0.258 e. The second kappa shape index (κ2) is 7.93. The quantitative estimate of drug-likeness (QED) is 0.424. The highest BCUT2D eigenvalue weighted by molar-refractivity contribution is 5.77.